The third-order valence-corrected chi connectivity index (χ3v) is 6.85. The molecule has 168 valence electrons. The van der Waals surface area contributed by atoms with E-state index in [0.29, 0.717) is 17.1 Å². The zero-order chi connectivity index (χ0) is 23.0. The molecule has 1 saturated carbocycles. The second-order valence-electron chi connectivity index (χ2n) is 8.56. The summed E-state index contributed by atoms with van der Waals surface area (Å²) in [4.78, 5) is 43.7. The summed E-state index contributed by atoms with van der Waals surface area (Å²) in [7, 11) is 3.02. The molecule has 1 N–H and O–H groups in total. The van der Waals surface area contributed by atoms with Gasteiger partial charge in [-0.1, -0.05) is 49.9 Å². The standard InChI is InChI=1S/C24H27ClN4O3/c1-4-7-15-14-26-20-18(21(30)29(3)23(32)28(20)2)19(15)27-22(31)24(12-5-6-13-24)16-8-10-17(25)11-9-16/h8-11,14H,4-7,12-13H2,1-3H3,(H,26,27,31). The van der Waals surface area contributed by atoms with Gasteiger partial charge in [0.2, 0.25) is 5.91 Å². The van der Waals surface area contributed by atoms with Crippen molar-refractivity contribution in [1.29, 1.82) is 0 Å². The first kappa shape index (κ1) is 22.3. The smallest absolute Gasteiger partial charge is 0.324 e. The zero-order valence-electron chi connectivity index (χ0n) is 18.6. The largest absolute Gasteiger partial charge is 0.332 e. The fraction of sp³-hybridized carbons (Fsp3) is 0.417. The van der Waals surface area contributed by atoms with Gasteiger partial charge in [-0.25, -0.2) is 9.78 Å². The van der Waals surface area contributed by atoms with E-state index in [2.05, 4.69) is 10.3 Å². The molecule has 1 fully saturated rings. The molecule has 0 radical (unpaired) electrons. The number of pyridine rings is 1. The topological polar surface area (TPSA) is 86.0 Å². The molecule has 32 heavy (non-hydrogen) atoms. The molecule has 1 aromatic carbocycles. The Kier molecular flexibility index (Phi) is 5.95. The van der Waals surface area contributed by atoms with E-state index in [1.54, 1.807) is 25.4 Å². The van der Waals surface area contributed by atoms with E-state index in [0.717, 1.165) is 47.8 Å². The number of nitrogens with zero attached hydrogens (tertiary/aromatic N) is 3. The Hall–Kier alpha value is -2.93. The number of hydrogen-bond acceptors (Lipinski definition) is 4. The van der Waals surface area contributed by atoms with E-state index in [4.69, 9.17) is 11.6 Å². The summed E-state index contributed by atoms with van der Waals surface area (Å²) in [5, 5.41) is 3.99. The third-order valence-electron chi connectivity index (χ3n) is 6.59. The van der Waals surface area contributed by atoms with Crippen LogP contribution in [0.1, 0.15) is 50.2 Å². The van der Waals surface area contributed by atoms with E-state index in [-0.39, 0.29) is 16.9 Å². The van der Waals surface area contributed by atoms with E-state index in [1.165, 1.54) is 11.6 Å². The molecule has 4 rings (SSSR count). The van der Waals surface area contributed by atoms with Crippen LogP contribution in [0.15, 0.2) is 40.1 Å². The number of carbonyl (C=O) groups excluding carboxylic acids is 1. The zero-order valence-corrected chi connectivity index (χ0v) is 19.3. The van der Waals surface area contributed by atoms with Crippen LogP contribution in [0.5, 0.6) is 0 Å². The molecule has 2 aromatic heterocycles. The summed E-state index contributed by atoms with van der Waals surface area (Å²) in [6.07, 6.45) is 6.48. The van der Waals surface area contributed by atoms with Crippen molar-refractivity contribution in [2.24, 2.45) is 14.1 Å². The van der Waals surface area contributed by atoms with E-state index in [1.807, 2.05) is 19.1 Å². The second kappa shape index (κ2) is 8.54. The molecular formula is C24H27ClN4O3. The molecule has 1 aliphatic carbocycles. The molecule has 1 aliphatic rings. The van der Waals surface area contributed by atoms with Crippen LogP contribution in [0.3, 0.4) is 0 Å². The summed E-state index contributed by atoms with van der Waals surface area (Å²) >= 11 is 6.08. The van der Waals surface area contributed by atoms with Gasteiger partial charge in [-0.2, -0.15) is 0 Å². The molecular weight excluding hydrogens is 428 g/mol. The maximum Gasteiger partial charge on any atom is 0.332 e. The van der Waals surface area contributed by atoms with Crippen LogP contribution in [0.2, 0.25) is 5.02 Å². The predicted molar refractivity (Wildman–Crippen MR) is 126 cm³/mol. The second-order valence-corrected chi connectivity index (χ2v) is 9.00. The van der Waals surface area contributed by atoms with E-state index < -0.39 is 16.7 Å². The lowest BCUT2D eigenvalue weighted by atomic mass is 9.78. The number of aromatic nitrogens is 3. The van der Waals surface area contributed by atoms with E-state index >= 15 is 0 Å². The first-order valence-corrected chi connectivity index (χ1v) is 11.3. The molecule has 7 nitrogen and oxygen atoms in total. The minimum absolute atomic E-state index is 0.141. The Morgan fingerprint density at radius 1 is 1.12 bits per heavy atom. The SMILES string of the molecule is CCCc1cnc2c(c1NC(=O)C1(c3ccc(Cl)cc3)CCCC1)c(=O)n(C)c(=O)n2C. The van der Waals surface area contributed by atoms with E-state index in [9.17, 15) is 14.4 Å². The van der Waals surface area contributed by atoms with Crippen LogP contribution in [-0.2, 0) is 30.7 Å². The van der Waals surface area contributed by atoms with Gasteiger partial charge >= 0.3 is 5.69 Å². The first-order valence-electron chi connectivity index (χ1n) is 10.9. The summed E-state index contributed by atoms with van der Waals surface area (Å²) in [5.74, 6) is -0.141. The highest BCUT2D eigenvalue weighted by atomic mass is 35.5. The van der Waals surface area contributed by atoms with Crippen molar-refractivity contribution in [1.82, 2.24) is 14.1 Å². The lowest BCUT2D eigenvalue weighted by Crippen LogP contribution is -2.40. The van der Waals surface area contributed by atoms with Gasteiger partial charge in [0.1, 0.15) is 5.39 Å². The van der Waals surface area contributed by atoms with Gasteiger partial charge in [0.05, 0.1) is 11.1 Å². The van der Waals surface area contributed by atoms with Crippen LogP contribution in [0.25, 0.3) is 11.0 Å². The lowest BCUT2D eigenvalue weighted by Gasteiger charge is -2.29. The van der Waals surface area contributed by atoms with Gasteiger partial charge < -0.3 is 5.32 Å². The van der Waals surface area contributed by atoms with Crippen molar-refractivity contribution in [3.63, 3.8) is 0 Å². The molecule has 0 bridgehead atoms. The van der Waals surface area contributed by atoms with Crippen molar-refractivity contribution >= 4 is 34.2 Å². The average molecular weight is 455 g/mol. The number of anilines is 1. The predicted octanol–water partition coefficient (Wildman–Crippen LogP) is 3.69. The average Bonchev–Trinajstić information content (AvgIpc) is 3.29. The van der Waals surface area contributed by atoms with Crippen molar-refractivity contribution in [2.75, 3.05) is 5.32 Å². The highest BCUT2D eigenvalue weighted by molar-refractivity contribution is 6.30. The molecule has 0 atom stereocenters. The van der Waals surface area contributed by atoms with Gasteiger partial charge in [0, 0.05) is 25.3 Å². The normalized spacial score (nSPS) is 15.2. The number of carbonyl (C=O) groups is 1. The Balaban J connectivity index is 1.90. The third kappa shape index (κ3) is 3.54. The molecule has 8 heteroatoms. The molecule has 2 heterocycles. The number of rotatable bonds is 5. The highest BCUT2D eigenvalue weighted by Gasteiger charge is 2.43. The first-order chi connectivity index (χ1) is 15.3. The monoisotopic (exact) mass is 454 g/mol. The summed E-state index contributed by atoms with van der Waals surface area (Å²) in [6.45, 7) is 2.03. The Morgan fingerprint density at radius 3 is 2.41 bits per heavy atom. The summed E-state index contributed by atoms with van der Waals surface area (Å²) < 4.78 is 2.40. The Morgan fingerprint density at radius 2 is 1.78 bits per heavy atom. The van der Waals surface area contributed by atoms with Crippen LogP contribution >= 0.6 is 11.6 Å². The van der Waals surface area contributed by atoms with Gasteiger partial charge in [0.15, 0.2) is 5.65 Å². The highest BCUT2D eigenvalue weighted by Crippen LogP contribution is 2.43. The number of benzene rings is 1. The van der Waals surface area contributed by atoms with Crippen LogP contribution in [0, 0.1) is 0 Å². The van der Waals surface area contributed by atoms with Crippen molar-refractivity contribution in [3.8, 4) is 0 Å². The Labute approximate surface area is 191 Å². The maximum absolute atomic E-state index is 13.8. The molecule has 0 spiro atoms. The summed E-state index contributed by atoms with van der Waals surface area (Å²) in [6, 6.07) is 7.43. The Bertz CT molecular complexity index is 1300. The fourth-order valence-corrected chi connectivity index (χ4v) is 4.92. The maximum atomic E-state index is 13.8. The quantitative estimate of drug-likeness (QED) is 0.637. The van der Waals surface area contributed by atoms with Crippen LogP contribution in [-0.4, -0.2) is 20.0 Å². The molecule has 0 unspecified atom stereocenters. The van der Waals surface area contributed by atoms with Crippen molar-refractivity contribution < 1.29 is 4.79 Å². The van der Waals surface area contributed by atoms with Crippen LogP contribution < -0.4 is 16.6 Å². The van der Waals surface area contributed by atoms with Gasteiger partial charge in [-0.05, 0) is 42.5 Å². The lowest BCUT2D eigenvalue weighted by molar-refractivity contribution is -0.121. The summed E-state index contributed by atoms with van der Waals surface area (Å²) in [5.41, 5.74) is 0.828. The van der Waals surface area contributed by atoms with Gasteiger partial charge in [-0.3, -0.25) is 18.7 Å². The van der Waals surface area contributed by atoms with Crippen molar-refractivity contribution in [2.45, 2.75) is 50.9 Å². The molecule has 0 aliphatic heterocycles. The van der Waals surface area contributed by atoms with Crippen molar-refractivity contribution in [3.05, 3.63) is 67.4 Å². The van der Waals surface area contributed by atoms with Gasteiger partial charge in [-0.15, -0.1) is 0 Å². The van der Waals surface area contributed by atoms with Crippen LogP contribution in [0.4, 0.5) is 5.69 Å². The fourth-order valence-electron chi connectivity index (χ4n) is 4.80. The number of fused-ring (bicyclic) bond motifs is 1. The number of amides is 1. The number of aryl methyl sites for hydroxylation is 2. The molecule has 3 aromatic rings. The number of halogens is 1. The van der Waals surface area contributed by atoms with Gasteiger partial charge in [0.25, 0.3) is 5.56 Å². The molecule has 1 amide bonds. The number of hydrogen-bond donors (Lipinski definition) is 1. The minimum Gasteiger partial charge on any atom is -0.324 e. The number of nitrogens with one attached hydrogen (secondary N) is 1. The molecule has 0 saturated heterocycles. The minimum atomic E-state index is -0.685.